The van der Waals surface area contributed by atoms with E-state index in [1.54, 1.807) is 17.9 Å². The monoisotopic (exact) mass is 424 g/mol. The van der Waals surface area contributed by atoms with Gasteiger partial charge in [0.15, 0.2) is 0 Å². The first-order valence-electron chi connectivity index (χ1n) is 9.04. The fraction of sp³-hybridized carbons (Fsp3) is 0.368. The van der Waals surface area contributed by atoms with Gasteiger partial charge in [-0.15, -0.1) is 0 Å². The van der Waals surface area contributed by atoms with Crippen LogP contribution in [0.2, 0.25) is 0 Å². The Kier molecular flexibility index (Phi) is 6.33. The van der Waals surface area contributed by atoms with Crippen molar-refractivity contribution in [1.29, 1.82) is 0 Å². The molecule has 1 aliphatic heterocycles. The molecular formula is C19H21FN2O6S. The molecule has 2 aromatic rings. The number of nitrogens with one attached hydrogen (secondary N) is 1. The number of nitrogens with zero attached hydrogens (tertiary/aromatic N) is 1. The first-order chi connectivity index (χ1) is 13.7. The van der Waals surface area contributed by atoms with E-state index in [0.29, 0.717) is 31.0 Å². The molecule has 1 unspecified atom stereocenters. The summed E-state index contributed by atoms with van der Waals surface area (Å²) in [5, 5.41) is 0. The van der Waals surface area contributed by atoms with Crippen LogP contribution in [-0.4, -0.2) is 45.0 Å². The number of benzene rings is 1. The number of rotatable bonds is 7. The third kappa shape index (κ3) is 5.64. The summed E-state index contributed by atoms with van der Waals surface area (Å²) in [5.74, 6) is -0.0508. The second-order valence-corrected chi connectivity index (χ2v) is 8.46. The maximum absolute atomic E-state index is 13.2. The van der Waals surface area contributed by atoms with E-state index in [-0.39, 0.29) is 29.9 Å². The maximum Gasteiger partial charge on any atom is 0.339 e. The van der Waals surface area contributed by atoms with Gasteiger partial charge in [0, 0.05) is 32.0 Å². The van der Waals surface area contributed by atoms with Gasteiger partial charge >= 0.3 is 5.63 Å². The summed E-state index contributed by atoms with van der Waals surface area (Å²) in [6.45, 7) is 2.36. The molecule has 3 rings (SSSR count). The van der Waals surface area contributed by atoms with E-state index in [1.165, 1.54) is 18.2 Å². The van der Waals surface area contributed by atoms with E-state index in [2.05, 4.69) is 4.72 Å². The van der Waals surface area contributed by atoms with Crippen LogP contribution >= 0.6 is 0 Å². The van der Waals surface area contributed by atoms with Crippen LogP contribution in [0.25, 0.3) is 0 Å². The number of halogens is 1. The Hall–Kier alpha value is -2.72. The minimum absolute atomic E-state index is 0.0324. The summed E-state index contributed by atoms with van der Waals surface area (Å²) in [6.07, 6.45) is 0.305. The van der Waals surface area contributed by atoms with E-state index < -0.39 is 21.5 Å². The number of sulfonamides is 1. The minimum atomic E-state index is -3.89. The molecule has 10 heteroatoms. The Morgan fingerprint density at radius 3 is 2.86 bits per heavy atom. The van der Waals surface area contributed by atoms with Gasteiger partial charge in [0.05, 0.1) is 17.5 Å². The Morgan fingerprint density at radius 1 is 1.34 bits per heavy atom. The second kappa shape index (κ2) is 8.75. The summed E-state index contributed by atoms with van der Waals surface area (Å²) in [4.78, 5) is 25.1. The molecule has 2 heterocycles. The average Bonchev–Trinajstić information content (AvgIpc) is 3.09. The van der Waals surface area contributed by atoms with E-state index in [9.17, 15) is 22.4 Å². The van der Waals surface area contributed by atoms with Crippen LogP contribution in [0.1, 0.15) is 18.6 Å². The molecule has 8 nitrogen and oxygen atoms in total. The van der Waals surface area contributed by atoms with Gasteiger partial charge in [-0.3, -0.25) is 4.79 Å². The highest BCUT2D eigenvalue weighted by Crippen LogP contribution is 2.19. The molecule has 1 aromatic carbocycles. The molecular weight excluding hydrogens is 403 g/mol. The average molecular weight is 424 g/mol. The highest BCUT2D eigenvalue weighted by atomic mass is 32.2. The minimum Gasteiger partial charge on any atom is -0.488 e. The Bertz CT molecular complexity index is 1050. The molecule has 0 spiro atoms. The molecule has 0 aliphatic carbocycles. The van der Waals surface area contributed by atoms with Crippen molar-refractivity contribution >= 4 is 15.9 Å². The molecule has 0 saturated carbocycles. The highest BCUT2D eigenvalue weighted by Gasteiger charge is 2.28. The maximum atomic E-state index is 13.2. The number of amides is 1. The molecule has 1 aromatic heterocycles. The Morgan fingerprint density at radius 2 is 2.14 bits per heavy atom. The van der Waals surface area contributed by atoms with Crippen LogP contribution in [0.15, 0.2) is 50.5 Å². The number of likely N-dealkylation sites (tertiary alicyclic amines) is 1. The predicted molar refractivity (Wildman–Crippen MR) is 102 cm³/mol. The molecule has 29 heavy (non-hydrogen) atoms. The zero-order valence-corrected chi connectivity index (χ0v) is 16.6. The Balaban J connectivity index is 1.48. The van der Waals surface area contributed by atoms with Crippen LogP contribution in [-0.2, 0) is 14.8 Å². The van der Waals surface area contributed by atoms with Crippen LogP contribution < -0.4 is 15.1 Å². The van der Waals surface area contributed by atoms with Crippen molar-refractivity contribution < 1.29 is 26.8 Å². The highest BCUT2D eigenvalue weighted by molar-refractivity contribution is 7.89. The van der Waals surface area contributed by atoms with Crippen LogP contribution in [0, 0.1) is 12.7 Å². The number of carbonyl (C=O) groups is 1. The van der Waals surface area contributed by atoms with Crippen LogP contribution in [0.3, 0.4) is 0 Å². The predicted octanol–water partition coefficient (Wildman–Crippen LogP) is 1.44. The lowest BCUT2D eigenvalue weighted by atomic mass is 10.3. The molecule has 1 saturated heterocycles. The van der Waals surface area contributed by atoms with Crippen molar-refractivity contribution in [2.45, 2.75) is 30.8 Å². The number of carbonyl (C=O) groups excluding carboxylic acids is 1. The molecule has 1 aliphatic rings. The van der Waals surface area contributed by atoms with Crippen molar-refractivity contribution in [2.75, 3.05) is 19.6 Å². The number of ether oxygens (including phenoxy) is 1. The largest absolute Gasteiger partial charge is 0.488 e. The molecule has 0 radical (unpaired) electrons. The quantitative estimate of drug-likeness (QED) is 0.721. The molecule has 1 atom stereocenters. The number of aryl methyl sites for hydroxylation is 1. The summed E-state index contributed by atoms with van der Waals surface area (Å²) >= 11 is 0. The van der Waals surface area contributed by atoms with Gasteiger partial charge in [-0.05, 0) is 25.1 Å². The summed E-state index contributed by atoms with van der Waals surface area (Å²) in [5.41, 5.74) is -0.503. The van der Waals surface area contributed by atoms with Crippen molar-refractivity contribution in [3.05, 3.63) is 58.4 Å². The molecule has 156 valence electrons. The summed E-state index contributed by atoms with van der Waals surface area (Å²) in [7, 11) is -3.89. The third-order valence-corrected chi connectivity index (χ3v) is 5.86. The summed E-state index contributed by atoms with van der Waals surface area (Å²) in [6, 6.07) is 7.50. The van der Waals surface area contributed by atoms with Gasteiger partial charge < -0.3 is 14.1 Å². The van der Waals surface area contributed by atoms with Gasteiger partial charge in [-0.1, -0.05) is 6.07 Å². The zero-order chi connectivity index (χ0) is 21.0. The SMILES string of the molecule is Cc1cc(OC2CCN(C(=O)CCNS(=O)(=O)c3cccc(F)c3)C2)cc(=O)o1. The van der Waals surface area contributed by atoms with Crippen molar-refractivity contribution in [3.8, 4) is 5.75 Å². The van der Waals surface area contributed by atoms with Crippen molar-refractivity contribution in [3.63, 3.8) is 0 Å². The van der Waals surface area contributed by atoms with E-state index >= 15 is 0 Å². The van der Waals surface area contributed by atoms with Gasteiger partial charge in [0.2, 0.25) is 15.9 Å². The van der Waals surface area contributed by atoms with Crippen molar-refractivity contribution in [1.82, 2.24) is 9.62 Å². The standard InChI is InChI=1S/C19H21FN2O6S/c1-13-9-16(11-19(24)27-13)28-15-6-8-22(12-15)18(23)5-7-21-29(25,26)17-4-2-3-14(20)10-17/h2-4,9-11,15,21H,5-8,12H2,1H3. The lowest BCUT2D eigenvalue weighted by Crippen LogP contribution is -2.34. The second-order valence-electron chi connectivity index (χ2n) is 6.70. The topological polar surface area (TPSA) is 106 Å². The normalized spacial score (nSPS) is 16.8. The van der Waals surface area contributed by atoms with E-state index in [0.717, 1.165) is 12.1 Å². The van der Waals surface area contributed by atoms with Crippen LogP contribution in [0.4, 0.5) is 4.39 Å². The lowest BCUT2D eigenvalue weighted by molar-refractivity contribution is -0.130. The molecule has 0 bridgehead atoms. The molecule has 1 fully saturated rings. The fourth-order valence-electron chi connectivity index (χ4n) is 3.06. The smallest absolute Gasteiger partial charge is 0.339 e. The Labute approximate surface area is 167 Å². The number of hydrogen-bond donors (Lipinski definition) is 1. The molecule has 1 N–H and O–H groups in total. The fourth-order valence-corrected chi connectivity index (χ4v) is 4.12. The van der Waals surface area contributed by atoms with Crippen molar-refractivity contribution in [2.24, 2.45) is 0 Å². The zero-order valence-electron chi connectivity index (χ0n) is 15.8. The van der Waals surface area contributed by atoms with Gasteiger partial charge in [-0.2, -0.15) is 0 Å². The number of hydrogen-bond acceptors (Lipinski definition) is 6. The van der Waals surface area contributed by atoms with Crippen LogP contribution in [0.5, 0.6) is 5.75 Å². The van der Waals surface area contributed by atoms with Gasteiger partial charge in [0.1, 0.15) is 23.4 Å². The first kappa shape index (κ1) is 21.0. The van der Waals surface area contributed by atoms with Gasteiger partial charge in [-0.25, -0.2) is 22.3 Å². The van der Waals surface area contributed by atoms with E-state index in [4.69, 9.17) is 9.15 Å². The lowest BCUT2D eigenvalue weighted by Gasteiger charge is -2.17. The van der Waals surface area contributed by atoms with E-state index in [1.807, 2.05) is 0 Å². The first-order valence-corrected chi connectivity index (χ1v) is 10.5. The van der Waals surface area contributed by atoms with Gasteiger partial charge in [0.25, 0.3) is 0 Å². The summed E-state index contributed by atoms with van der Waals surface area (Å²) < 4.78 is 50.4. The third-order valence-electron chi connectivity index (χ3n) is 4.41. The molecule has 1 amide bonds.